The minimum Gasteiger partial charge on any atom is -0.352 e. The van der Waals surface area contributed by atoms with Crippen LogP contribution in [0, 0.1) is 12.8 Å². The maximum absolute atomic E-state index is 4.51. The molecule has 1 aliphatic heterocycles. The summed E-state index contributed by atoms with van der Waals surface area (Å²) in [7, 11) is 0. The lowest BCUT2D eigenvalue weighted by atomic mass is 10.2. The number of hydrogen-bond donors (Lipinski definition) is 1. The molecule has 0 aliphatic carbocycles. The molecule has 1 N–H and O–H groups in total. The number of hydrogen-bond acceptors (Lipinski definition) is 3. The van der Waals surface area contributed by atoms with Crippen molar-refractivity contribution < 1.29 is 0 Å². The molecule has 1 atom stereocenters. The fourth-order valence-electron chi connectivity index (χ4n) is 2.57. The van der Waals surface area contributed by atoms with Crippen LogP contribution in [0.2, 0.25) is 0 Å². The van der Waals surface area contributed by atoms with Crippen molar-refractivity contribution >= 4 is 5.82 Å². The smallest absolute Gasteiger partial charge is 0.129 e. The van der Waals surface area contributed by atoms with Gasteiger partial charge < -0.3 is 10.2 Å². The van der Waals surface area contributed by atoms with Crippen LogP contribution in [0.15, 0.2) is 18.3 Å². The molecule has 1 aromatic rings. The van der Waals surface area contributed by atoms with E-state index < -0.39 is 0 Å². The Kier molecular flexibility index (Phi) is 4.59. The third kappa shape index (κ3) is 3.45. The highest BCUT2D eigenvalue weighted by Crippen LogP contribution is 2.23. The first-order valence-corrected chi connectivity index (χ1v) is 7.07. The minimum atomic E-state index is 0.609. The van der Waals surface area contributed by atoms with Crippen LogP contribution >= 0.6 is 0 Å². The van der Waals surface area contributed by atoms with Crippen molar-refractivity contribution in [2.24, 2.45) is 5.92 Å². The van der Waals surface area contributed by atoms with Crippen LogP contribution in [0.3, 0.4) is 0 Å². The lowest BCUT2D eigenvalue weighted by Crippen LogP contribution is -2.39. The fourth-order valence-corrected chi connectivity index (χ4v) is 2.57. The topological polar surface area (TPSA) is 28.2 Å². The van der Waals surface area contributed by atoms with Crippen molar-refractivity contribution in [1.29, 1.82) is 0 Å². The molecule has 0 saturated carbocycles. The van der Waals surface area contributed by atoms with Crippen molar-refractivity contribution in [3.05, 3.63) is 23.9 Å². The minimum absolute atomic E-state index is 0.609. The summed E-state index contributed by atoms with van der Waals surface area (Å²) in [5.41, 5.74) is 1.29. The average Bonchev–Trinajstić information content (AvgIpc) is 2.77. The Morgan fingerprint density at radius 3 is 3.06 bits per heavy atom. The molecule has 1 aliphatic rings. The Morgan fingerprint density at radius 1 is 1.50 bits per heavy atom. The number of aromatic nitrogens is 1. The van der Waals surface area contributed by atoms with Crippen molar-refractivity contribution in [2.75, 3.05) is 24.5 Å². The summed E-state index contributed by atoms with van der Waals surface area (Å²) in [5.74, 6) is 1.86. The standard InChI is InChI=1S/C15H25N3/c1-12(2)10-16-11-14-5-4-8-18(14)15-9-13(3)6-7-17-15/h6-7,9,12,14,16H,4-5,8,10-11H2,1-3H3. The maximum atomic E-state index is 4.51. The van der Waals surface area contributed by atoms with Crippen molar-refractivity contribution in [1.82, 2.24) is 10.3 Å². The molecule has 2 heterocycles. The van der Waals surface area contributed by atoms with E-state index in [0.717, 1.165) is 31.4 Å². The molecule has 3 nitrogen and oxygen atoms in total. The Balaban J connectivity index is 1.95. The van der Waals surface area contributed by atoms with Gasteiger partial charge in [-0.2, -0.15) is 0 Å². The van der Waals surface area contributed by atoms with Gasteiger partial charge in [-0.1, -0.05) is 13.8 Å². The molecule has 1 aromatic heterocycles. The zero-order valence-corrected chi connectivity index (χ0v) is 11.8. The molecular weight excluding hydrogens is 222 g/mol. The lowest BCUT2D eigenvalue weighted by molar-refractivity contribution is 0.511. The summed E-state index contributed by atoms with van der Waals surface area (Å²) in [6.07, 6.45) is 4.48. The van der Waals surface area contributed by atoms with Crippen LogP contribution in [0.25, 0.3) is 0 Å². The van der Waals surface area contributed by atoms with Gasteiger partial charge in [0.05, 0.1) is 0 Å². The van der Waals surface area contributed by atoms with E-state index in [9.17, 15) is 0 Å². The van der Waals surface area contributed by atoms with Gasteiger partial charge in [-0.3, -0.25) is 0 Å². The van der Waals surface area contributed by atoms with Crippen LogP contribution in [0.1, 0.15) is 32.3 Å². The van der Waals surface area contributed by atoms with E-state index in [1.54, 1.807) is 0 Å². The SMILES string of the molecule is Cc1ccnc(N2CCCC2CNCC(C)C)c1. The second-order valence-corrected chi connectivity index (χ2v) is 5.73. The third-order valence-corrected chi connectivity index (χ3v) is 3.50. The fraction of sp³-hybridized carbons (Fsp3) is 0.667. The highest BCUT2D eigenvalue weighted by atomic mass is 15.2. The summed E-state index contributed by atoms with van der Waals surface area (Å²) >= 11 is 0. The lowest BCUT2D eigenvalue weighted by Gasteiger charge is -2.26. The van der Waals surface area contributed by atoms with Gasteiger partial charge in [-0.15, -0.1) is 0 Å². The van der Waals surface area contributed by atoms with E-state index >= 15 is 0 Å². The Hall–Kier alpha value is -1.09. The number of nitrogens with one attached hydrogen (secondary N) is 1. The van der Waals surface area contributed by atoms with Crippen LogP contribution < -0.4 is 10.2 Å². The number of pyridine rings is 1. The number of aryl methyl sites for hydroxylation is 1. The zero-order chi connectivity index (χ0) is 13.0. The predicted molar refractivity (Wildman–Crippen MR) is 77.0 cm³/mol. The van der Waals surface area contributed by atoms with Gasteiger partial charge in [-0.25, -0.2) is 4.98 Å². The molecule has 0 aromatic carbocycles. The van der Waals surface area contributed by atoms with Gasteiger partial charge in [0.2, 0.25) is 0 Å². The van der Waals surface area contributed by atoms with Crippen molar-refractivity contribution in [3.8, 4) is 0 Å². The van der Waals surface area contributed by atoms with Crippen LogP contribution in [0.5, 0.6) is 0 Å². The second kappa shape index (κ2) is 6.19. The molecule has 2 rings (SSSR count). The first-order chi connectivity index (χ1) is 8.66. The highest BCUT2D eigenvalue weighted by Gasteiger charge is 2.25. The first kappa shape index (κ1) is 13.3. The zero-order valence-electron chi connectivity index (χ0n) is 11.8. The molecule has 3 heteroatoms. The Morgan fingerprint density at radius 2 is 2.33 bits per heavy atom. The quantitative estimate of drug-likeness (QED) is 0.867. The molecule has 100 valence electrons. The average molecular weight is 247 g/mol. The molecule has 0 amide bonds. The summed E-state index contributed by atoms with van der Waals surface area (Å²) in [5, 5.41) is 3.57. The molecule has 18 heavy (non-hydrogen) atoms. The largest absolute Gasteiger partial charge is 0.352 e. The molecule has 1 unspecified atom stereocenters. The van der Waals surface area contributed by atoms with E-state index in [-0.39, 0.29) is 0 Å². The number of nitrogens with zero attached hydrogens (tertiary/aromatic N) is 2. The Bertz CT molecular complexity index is 376. The van der Waals surface area contributed by atoms with Gasteiger partial charge in [0.15, 0.2) is 0 Å². The summed E-state index contributed by atoms with van der Waals surface area (Å²) in [4.78, 5) is 6.97. The molecule has 1 saturated heterocycles. The number of anilines is 1. The normalized spacial score (nSPS) is 19.8. The molecular formula is C15H25N3. The van der Waals surface area contributed by atoms with E-state index in [1.165, 1.54) is 18.4 Å². The van der Waals surface area contributed by atoms with E-state index in [4.69, 9.17) is 0 Å². The van der Waals surface area contributed by atoms with Gasteiger partial charge in [0, 0.05) is 25.3 Å². The third-order valence-electron chi connectivity index (χ3n) is 3.50. The van der Waals surface area contributed by atoms with E-state index in [2.05, 4.69) is 48.1 Å². The highest BCUT2D eigenvalue weighted by molar-refractivity contribution is 5.43. The molecule has 0 radical (unpaired) electrons. The van der Waals surface area contributed by atoms with E-state index in [0.29, 0.717) is 6.04 Å². The van der Waals surface area contributed by atoms with Crippen LogP contribution in [-0.2, 0) is 0 Å². The number of rotatable bonds is 5. The first-order valence-electron chi connectivity index (χ1n) is 7.07. The van der Waals surface area contributed by atoms with Crippen molar-refractivity contribution in [3.63, 3.8) is 0 Å². The molecule has 0 spiro atoms. The molecule has 1 fully saturated rings. The summed E-state index contributed by atoms with van der Waals surface area (Å²) in [6, 6.07) is 4.87. The van der Waals surface area contributed by atoms with Crippen molar-refractivity contribution in [2.45, 2.75) is 39.7 Å². The van der Waals surface area contributed by atoms with Gasteiger partial charge in [0.25, 0.3) is 0 Å². The molecule has 0 bridgehead atoms. The van der Waals surface area contributed by atoms with Gasteiger partial charge in [-0.05, 0) is 49.9 Å². The summed E-state index contributed by atoms with van der Waals surface area (Å²) < 4.78 is 0. The summed E-state index contributed by atoms with van der Waals surface area (Å²) in [6.45, 7) is 9.96. The van der Waals surface area contributed by atoms with Gasteiger partial charge >= 0.3 is 0 Å². The Labute approximate surface area is 111 Å². The second-order valence-electron chi connectivity index (χ2n) is 5.73. The maximum Gasteiger partial charge on any atom is 0.129 e. The van der Waals surface area contributed by atoms with E-state index in [1.807, 2.05) is 6.20 Å². The monoisotopic (exact) mass is 247 g/mol. The predicted octanol–water partition coefficient (Wildman–Crippen LogP) is 2.60. The van der Waals surface area contributed by atoms with Crippen LogP contribution in [0.4, 0.5) is 5.82 Å². The van der Waals surface area contributed by atoms with Gasteiger partial charge in [0.1, 0.15) is 5.82 Å². The van der Waals surface area contributed by atoms with Crippen LogP contribution in [-0.4, -0.2) is 30.7 Å².